The summed E-state index contributed by atoms with van der Waals surface area (Å²) in [4.78, 5) is 16.5. The van der Waals surface area contributed by atoms with Gasteiger partial charge >= 0.3 is 0 Å². The molecule has 22 heavy (non-hydrogen) atoms. The molecule has 0 unspecified atom stereocenters. The number of hydrogen-bond acceptors (Lipinski definition) is 3. The average Bonchev–Trinajstić information content (AvgIpc) is 3.06. The molecule has 0 atom stereocenters. The summed E-state index contributed by atoms with van der Waals surface area (Å²) in [6, 6.07) is 15.1. The highest BCUT2D eigenvalue weighted by Gasteiger charge is 2.11. The lowest BCUT2D eigenvalue weighted by Gasteiger charge is -2.05. The number of aromatic nitrogens is 3. The van der Waals surface area contributed by atoms with Gasteiger partial charge in [0, 0.05) is 11.9 Å². The molecule has 5 nitrogen and oxygen atoms in total. The molecule has 3 rings (SSSR count). The number of anilines is 1. The zero-order valence-electron chi connectivity index (χ0n) is 12.2. The summed E-state index contributed by atoms with van der Waals surface area (Å²) in [5.74, 6) is -0.220. The number of H-pyrrole nitrogens is 1. The molecule has 2 aromatic heterocycles. The lowest BCUT2D eigenvalue weighted by Crippen LogP contribution is -2.12. The number of hydrogen-bond donors (Lipinski definition) is 2. The lowest BCUT2D eigenvalue weighted by atomic mass is 10.1. The Morgan fingerprint density at radius 1 is 1.14 bits per heavy atom. The van der Waals surface area contributed by atoms with Gasteiger partial charge in [0.2, 0.25) is 0 Å². The highest BCUT2D eigenvalue weighted by molar-refractivity contribution is 6.03. The van der Waals surface area contributed by atoms with E-state index in [1.54, 1.807) is 12.3 Å². The summed E-state index contributed by atoms with van der Waals surface area (Å²) in [5.41, 5.74) is 3.73. The number of amides is 1. The van der Waals surface area contributed by atoms with Gasteiger partial charge in [-0.1, -0.05) is 25.1 Å². The number of aryl methyl sites for hydroxylation is 1. The van der Waals surface area contributed by atoms with Crippen LogP contribution in [0.1, 0.15) is 23.0 Å². The van der Waals surface area contributed by atoms with E-state index in [0.29, 0.717) is 11.4 Å². The van der Waals surface area contributed by atoms with Crippen LogP contribution in [0.2, 0.25) is 0 Å². The van der Waals surface area contributed by atoms with Gasteiger partial charge in [-0.05, 0) is 42.3 Å². The van der Waals surface area contributed by atoms with Crippen molar-refractivity contribution in [1.82, 2.24) is 15.2 Å². The third kappa shape index (κ3) is 3.03. The van der Waals surface area contributed by atoms with Gasteiger partial charge < -0.3 is 5.32 Å². The number of rotatable bonds is 4. The Morgan fingerprint density at radius 3 is 2.82 bits per heavy atom. The first-order valence-corrected chi connectivity index (χ1v) is 7.13. The van der Waals surface area contributed by atoms with Crippen LogP contribution in [0.25, 0.3) is 11.4 Å². The van der Waals surface area contributed by atoms with Gasteiger partial charge in [0.15, 0.2) is 0 Å². The molecule has 0 saturated carbocycles. The quantitative estimate of drug-likeness (QED) is 0.775. The van der Waals surface area contributed by atoms with Gasteiger partial charge in [0.25, 0.3) is 5.91 Å². The van der Waals surface area contributed by atoms with Gasteiger partial charge in [0.1, 0.15) is 11.4 Å². The molecule has 3 aromatic rings. The van der Waals surface area contributed by atoms with Crippen LogP contribution < -0.4 is 5.32 Å². The molecule has 0 aliphatic heterocycles. The van der Waals surface area contributed by atoms with Gasteiger partial charge in [-0.3, -0.25) is 14.9 Å². The van der Waals surface area contributed by atoms with Crippen molar-refractivity contribution in [2.24, 2.45) is 0 Å². The smallest absolute Gasteiger partial charge is 0.273 e. The maximum absolute atomic E-state index is 12.3. The minimum absolute atomic E-state index is 0.220. The first kappa shape index (κ1) is 14.0. The topological polar surface area (TPSA) is 70.7 Å². The fourth-order valence-corrected chi connectivity index (χ4v) is 2.15. The van der Waals surface area contributed by atoms with Crippen molar-refractivity contribution < 1.29 is 4.79 Å². The number of pyridine rings is 1. The van der Waals surface area contributed by atoms with Gasteiger partial charge in [0.05, 0.1) is 5.69 Å². The standard InChI is InChI=1S/C17H16N4O/c1-2-12-6-5-7-13(10-12)19-17(22)16-11-15(20-21-16)14-8-3-4-9-18-14/h3-11H,2H2,1H3,(H,19,22)(H,20,21). The van der Waals surface area contributed by atoms with Crippen molar-refractivity contribution in [3.63, 3.8) is 0 Å². The molecule has 1 amide bonds. The molecule has 2 heterocycles. The molecule has 1 aromatic carbocycles. The predicted molar refractivity (Wildman–Crippen MR) is 85.6 cm³/mol. The van der Waals surface area contributed by atoms with Crippen molar-refractivity contribution >= 4 is 11.6 Å². The monoisotopic (exact) mass is 292 g/mol. The Labute approximate surface area is 128 Å². The highest BCUT2D eigenvalue weighted by Crippen LogP contribution is 2.16. The van der Waals surface area contributed by atoms with Crippen molar-refractivity contribution in [3.8, 4) is 11.4 Å². The van der Waals surface area contributed by atoms with Gasteiger partial charge in [-0.15, -0.1) is 0 Å². The van der Waals surface area contributed by atoms with E-state index in [4.69, 9.17) is 0 Å². The first-order chi connectivity index (χ1) is 10.8. The molecule has 0 radical (unpaired) electrons. The molecule has 0 bridgehead atoms. The van der Waals surface area contributed by atoms with Crippen LogP contribution in [0.4, 0.5) is 5.69 Å². The Hall–Kier alpha value is -2.95. The number of nitrogens with one attached hydrogen (secondary N) is 2. The fraction of sp³-hybridized carbons (Fsp3) is 0.118. The fourth-order valence-electron chi connectivity index (χ4n) is 2.15. The van der Waals surface area contributed by atoms with Crippen molar-refractivity contribution in [2.45, 2.75) is 13.3 Å². The molecule has 5 heteroatoms. The zero-order valence-corrected chi connectivity index (χ0v) is 12.2. The van der Waals surface area contributed by atoms with E-state index in [9.17, 15) is 4.79 Å². The first-order valence-electron chi connectivity index (χ1n) is 7.13. The van der Waals surface area contributed by atoms with E-state index in [0.717, 1.165) is 17.8 Å². The summed E-state index contributed by atoms with van der Waals surface area (Å²) >= 11 is 0. The highest BCUT2D eigenvalue weighted by atomic mass is 16.1. The Bertz CT molecular complexity index is 780. The van der Waals surface area contributed by atoms with E-state index in [1.807, 2.05) is 42.5 Å². The van der Waals surface area contributed by atoms with Gasteiger partial charge in [-0.25, -0.2) is 0 Å². The van der Waals surface area contributed by atoms with E-state index in [2.05, 4.69) is 27.4 Å². The molecule has 0 aliphatic rings. The number of aromatic amines is 1. The SMILES string of the molecule is CCc1cccc(NC(=O)c2cc(-c3ccccn3)n[nH]2)c1. The van der Waals surface area contributed by atoms with E-state index in [1.165, 1.54) is 5.56 Å². The molecule has 0 fully saturated rings. The van der Waals surface area contributed by atoms with E-state index >= 15 is 0 Å². The summed E-state index contributed by atoms with van der Waals surface area (Å²) in [7, 11) is 0. The van der Waals surface area contributed by atoms with E-state index < -0.39 is 0 Å². The van der Waals surface area contributed by atoms with Crippen molar-refractivity contribution in [2.75, 3.05) is 5.32 Å². The van der Waals surface area contributed by atoms with Crippen LogP contribution in [0.15, 0.2) is 54.7 Å². The van der Waals surface area contributed by atoms with Crippen LogP contribution in [-0.2, 0) is 6.42 Å². The normalized spacial score (nSPS) is 10.4. The maximum atomic E-state index is 12.3. The minimum Gasteiger partial charge on any atom is -0.321 e. The Balaban J connectivity index is 1.77. The van der Waals surface area contributed by atoms with Gasteiger partial charge in [-0.2, -0.15) is 5.10 Å². The second-order valence-electron chi connectivity index (χ2n) is 4.89. The van der Waals surface area contributed by atoms with Crippen LogP contribution in [0, 0.1) is 0 Å². The third-order valence-corrected chi connectivity index (χ3v) is 3.34. The number of nitrogens with zero attached hydrogens (tertiary/aromatic N) is 2. The molecule has 110 valence electrons. The van der Waals surface area contributed by atoms with Crippen molar-refractivity contribution in [3.05, 3.63) is 66.0 Å². The Kier molecular flexibility index (Phi) is 3.96. The van der Waals surface area contributed by atoms with Crippen LogP contribution >= 0.6 is 0 Å². The summed E-state index contributed by atoms with van der Waals surface area (Å²) < 4.78 is 0. The number of carbonyl (C=O) groups is 1. The van der Waals surface area contributed by atoms with Crippen molar-refractivity contribution in [1.29, 1.82) is 0 Å². The molecule has 0 spiro atoms. The Morgan fingerprint density at radius 2 is 2.05 bits per heavy atom. The zero-order chi connectivity index (χ0) is 15.4. The molecular formula is C17H16N4O. The number of carbonyl (C=O) groups excluding carboxylic acids is 1. The van der Waals surface area contributed by atoms with Crippen LogP contribution in [-0.4, -0.2) is 21.1 Å². The summed E-state index contributed by atoms with van der Waals surface area (Å²) in [5, 5.41) is 9.75. The molecule has 0 saturated heterocycles. The van der Waals surface area contributed by atoms with Crippen LogP contribution in [0.3, 0.4) is 0 Å². The van der Waals surface area contributed by atoms with E-state index in [-0.39, 0.29) is 5.91 Å². The molecule has 2 N–H and O–H groups in total. The summed E-state index contributed by atoms with van der Waals surface area (Å²) in [6.45, 7) is 2.08. The molecule has 0 aliphatic carbocycles. The summed E-state index contributed by atoms with van der Waals surface area (Å²) in [6.07, 6.45) is 2.62. The maximum Gasteiger partial charge on any atom is 0.273 e. The molecular weight excluding hydrogens is 276 g/mol. The largest absolute Gasteiger partial charge is 0.321 e. The average molecular weight is 292 g/mol. The second-order valence-corrected chi connectivity index (χ2v) is 4.89. The third-order valence-electron chi connectivity index (χ3n) is 3.34. The minimum atomic E-state index is -0.220. The predicted octanol–water partition coefficient (Wildman–Crippen LogP) is 3.29. The lowest BCUT2D eigenvalue weighted by molar-refractivity contribution is 0.102. The number of benzene rings is 1. The second kappa shape index (κ2) is 6.22. The van der Waals surface area contributed by atoms with Crippen LogP contribution in [0.5, 0.6) is 0 Å².